The summed E-state index contributed by atoms with van der Waals surface area (Å²) in [7, 11) is 0. The maximum Gasteiger partial charge on any atom is 0.228 e. The van der Waals surface area contributed by atoms with Crippen LogP contribution in [-0.4, -0.2) is 5.91 Å². The minimum Gasteiger partial charge on any atom is -0.323 e. The third-order valence-electron chi connectivity index (χ3n) is 3.63. The maximum atomic E-state index is 13.7. The van der Waals surface area contributed by atoms with Crippen LogP contribution in [0.5, 0.6) is 0 Å². The summed E-state index contributed by atoms with van der Waals surface area (Å²) in [6.45, 7) is 1.86. The second-order valence-corrected chi connectivity index (χ2v) is 5.35. The van der Waals surface area contributed by atoms with Gasteiger partial charge in [0.2, 0.25) is 5.91 Å². The maximum absolute atomic E-state index is 13.7. The number of fused-ring (bicyclic) bond motifs is 1. The molecular formula is C19H16FNO. The van der Waals surface area contributed by atoms with Crippen molar-refractivity contribution in [3.05, 3.63) is 77.6 Å². The van der Waals surface area contributed by atoms with Crippen LogP contribution in [0.1, 0.15) is 11.1 Å². The molecule has 3 aromatic carbocycles. The van der Waals surface area contributed by atoms with Gasteiger partial charge in [0, 0.05) is 0 Å². The van der Waals surface area contributed by atoms with E-state index in [9.17, 15) is 9.18 Å². The second-order valence-electron chi connectivity index (χ2n) is 5.35. The van der Waals surface area contributed by atoms with E-state index in [1.807, 2.05) is 49.4 Å². The first-order valence-corrected chi connectivity index (χ1v) is 7.16. The average molecular weight is 293 g/mol. The lowest BCUT2D eigenvalue weighted by atomic mass is 10.0. The number of carbonyl (C=O) groups excluding carboxylic acids is 1. The molecule has 1 amide bonds. The lowest BCUT2D eigenvalue weighted by molar-refractivity contribution is -0.115. The summed E-state index contributed by atoms with van der Waals surface area (Å²) < 4.78 is 13.7. The number of hydrogen-bond acceptors (Lipinski definition) is 1. The largest absolute Gasteiger partial charge is 0.323 e. The van der Waals surface area contributed by atoms with Crippen LogP contribution in [0.4, 0.5) is 10.1 Å². The van der Waals surface area contributed by atoms with E-state index in [-0.39, 0.29) is 18.0 Å². The van der Waals surface area contributed by atoms with Crippen molar-refractivity contribution in [2.45, 2.75) is 13.3 Å². The van der Waals surface area contributed by atoms with Gasteiger partial charge in [-0.15, -0.1) is 0 Å². The molecule has 3 heteroatoms. The molecule has 0 unspecified atom stereocenters. The average Bonchev–Trinajstić information content (AvgIpc) is 2.51. The first-order chi connectivity index (χ1) is 10.6. The summed E-state index contributed by atoms with van der Waals surface area (Å²) in [6, 6.07) is 18.5. The van der Waals surface area contributed by atoms with Gasteiger partial charge >= 0.3 is 0 Å². The standard InChI is InChI=1S/C19H16FNO/c1-13-9-10-17(20)18(11-13)21-19(22)12-15-7-4-6-14-5-2-3-8-16(14)15/h2-11H,12H2,1H3,(H,21,22). The highest BCUT2D eigenvalue weighted by Crippen LogP contribution is 2.20. The van der Waals surface area contributed by atoms with Crippen molar-refractivity contribution in [1.29, 1.82) is 0 Å². The summed E-state index contributed by atoms with van der Waals surface area (Å²) in [5.41, 5.74) is 2.07. The quantitative estimate of drug-likeness (QED) is 0.758. The number of nitrogens with one attached hydrogen (secondary N) is 1. The lowest BCUT2D eigenvalue weighted by Crippen LogP contribution is -2.15. The number of benzene rings is 3. The Kier molecular flexibility index (Phi) is 3.88. The molecule has 0 aliphatic carbocycles. The van der Waals surface area contributed by atoms with E-state index in [1.165, 1.54) is 6.07 Å². The summed E-state index contributed by atoms with van der Waals surface area (Å²) >= 11 is 0. The highest BCUT2D eigenvalue weighted by molar-refractivity contribution is 5.96. The number of hydrogen-bond donors (Lipinski definition) is 1. The number of rotatable bonds is 3. The smallest absolute Gasteiger partial charge is 0.228 e. The fourth-order valence-corrected chi connectivity index (χ4v) is 2.55. The molecule has 0 radical (unpaired) electrons. The Hall–Kier alpha value is -2.68. The summed E-state index contributed by atoms with van der Waals surface area (Å²) in [4.78, 5) is 12.2. The van der Waals surface area contributed by atoms with Gasteiger partial charge in [-0.3, -0.25) is 4.79 Å². The zero-order valence-electron chi connectivity index (χ0n) is 12.3. The van der Waals surface area contributed by atoms with E-state index >= 15 is 0 Å². The molecule has 0 aliphatic heterocycles. The van der Waals surface area contributed by atoms with Crippen LogP contribution in [0.15, 0.2) is 60.7 Å². The van der Waals surface area contributed by atoms with Crippen LogP contribution in [0, 0.1) is 12.7 Å². The molecule has 0 aromatic heterocycles. The van der Waals surface area contributed by atoms with Crippen LogP contribution in [0.3, 0.4) is 0 Å². The Morgan fingerprint density at radius 2 is 1.82 bits per heavy atom. The van der Waals surface area contributed by atoms with E-state index in [0.717, 1.165) is 21.9 Å². The number of anilines is 1. The van der Waals surface area contributed by atoms with Gasteiger partial charge in [0.1, 0.15) is 5.82 Å². The van der Waals surface area contributed by atoms with Crippen molar-refractivity contribution in [3.8, 4) is 0 Å². The van der Waals surface area contributed by atoms with Gasteiger partial charge in [0.25, 0.3) is 0 Å². The fraction of sp³-hybridized carbons (Fsp3) is 0.105. The third-order valence-corrected chi connectivity index (χ3v) is 3.63. The van der Waals surface area contributed by atoms with Gasteiger partial charge in [-0.2, -0.15) is 0 Å². The molecule has 0 atom stereocenters. The first kappa shape index (κ1) is 14.3. The Balaban J connectivity index is 1.83. The van der Waals surface area contributed by atoms with E-state index in [1.54, 1.807) is 12.1 Å². The lowest BCUT2D eigenvalue weighted by Gasteiger charge is -2.09. The zero-order valence-corrected chi connectivity index (χ0v) is 12.3. The van der Waals surface area contributed by atoms with Crippen LogP contribution in [-0.2, 0) is 11.2 Å². The van der Waals surface area contributed by atoms with Crippen molar-refractivity contribution in [1.82, 2.24) is 0 Å². The molecule has 0 heterocycles. The molecule has 0 saturated carbocycles. The SMILES string of the molecule is Cc1ccc(F)c(NC(=O)Cc2cccc3ccccc23)c1. The van der Waals surface area contributed by atoms with Crippen molar-refractivity contribution in [2.24, 2.45) is 0 Å². The summed E-state index contributed by atoms with van der Waals surface area (Å²) in [5.74, 6) is -0.641. The molecule has 0 aliphatic rings. The Labute approximate surface area is 128 Å². The van der Waals surface area contributed by atoms with Gasteiger partial charge in [-0.1, -0.05) is 48.5 Å². The summed E-state index contributed by atoms with van der Waals surface area (Å²) in [6.07, 6.45) is 0.217. The van der Waals surface area contributed by atoms with E-state index in [4.69, 9.17) is 0 Å². The molecular weight excluding hydrogens is 277 g/mol. The first-order valence-electron chi connectivity index (χ1n) is 7.16. The highest BCUT2D eigenvalue weighted by atomic mass is 19.1. The zero-order chi connectivity index (χ0) is 15.5. The van der Waals surface area contributed by atoms with Gasteiger partial charge in [0.05, 0.1) is 12.1 Å². The van der Waals surface area contributed by atoms with Crippen LogP contribution >= 0.6 is 0 Å². The van der Waals surface area contributed by atoms with E-state index in [0.29, 0.717) is 0 Å². The predicted molar refractivity (Wildman–Crippen MR) is 87.4 cm³/mol. The molecule has 110 valence electrons. The molecule has 2 nitrogen and oxygen atoms in total. The fourth-order valence-electron chi connectivity index (χ4n) is 2.55. The normalized spacial score (nSPS) is 10.6. The Morgan fingerprint density at radius 3 is 2.68 bits per heavy atom. The van der Waals surface area contributed by atoms with E-state index in [2.05, 4.69) is 5.32 Å². The third kappa shape index (κ3) is 2.98. The van der Waals surface area contributed by atoms with Crippen LogP contribution in [0.25, 0.3) is 10.8 Å². The van der Waals surface area contributed by atoms with Crippen LogP contribution in [0.2, 0.25) is 0 Å². The van der Waals surface area contributed by atoms with E-state index < -0.39 is 5.82 Å². The Bertz CT molecular complexity index is 836. The number of aryl methyl sites for hydroxylation is 1. The molecule has 0 spiro atoms. The molecule has 22 heavy (non-hydrogen) atoms. The minimum absolute atomic E-state index is 0.217. The van der Waals surface area contributed by atoms with Gasteiger partial charge in [0.15, 0.2) is 0 Å². The van der Waals surface area contributed by atoms with Gasteiger partial charge in [-0.05, 0) is 41.0 Å². The van der Waals surface area contributed by atoms with Crippen molar-refractivity contribution in [3.63, 3.8) is 0 Å². The Morgan fingerprint density at radius 1 is 1.05 bits per heavy atom. The van der Waals surface area contributed by atoms with Crippen molar-refractivity contribution in [2.75, 3.05) is 5.32 Å². The number of halogens is 1. The summed E-state index contributed by atoms with van der Waals surface area (Å²) in [5, 5.41) is 4.79. The number of amides is 1. The molecule has 0 bridgehead atoms. The van der Waals surface area contributed by atoms with Crippen molar-refractivity contribution >= 4 is 22.4 Å². The molecule has 1 N–H and O–H groups in total. The topological polar surface area (TPSA) is 29.1 Å². The molecule has 3 aromatic rings. The minimum atomic E-state index is -0.420. The monoisotopic (exact) mass is 293 g/mol. The van der Waals surface area contributed by atoms with Crippen LogP contribution < -0.4 is 5.32 Å². The molecule has 0 saturated heterocycles. The van der Waals surface area contributed by atoms with Gasteiger partial charge in [-0.25, -0.2) is 4.39 Å². The predicted octanol–water partition coefficient (Wildman–Crippen LogP) is 4.47. The van der Waals surface area contributed by atoms with Gasteiger partial charge < -0.3 is 5.32 Å². The number of carbonyl (C=O) groups is 1. The molecule has 0 fully saturated rings. The van der Waals surface area contributed by atoms with Crippen molar-refractivity contribution < 1.29 is 9.18 Å². The second kappa shape index (κ2) is 5.98. The highest BCUT2D eigenvalue weighted by Gasteiger charge is 2.10. The molecule has 3 rings (SSSR count).